The largest absolute Gasteiger partial charge is 0.491 e. The molecule has 2 heteroatoms. The van der Waals surface area contributed by atoms with Crippen molar-refractivity contribution in [3.63, 3.8) is 0 Å². The molecule has 1 aromatic carbocycles. The van der Waals surface area contributed by atoms with E-state index in [0.717, 1.165) is 25.1 Å². The third-order valence-corrected chi connectivity index (χ3v) is 2.97. The lowest BCUT2D eigenvalue weighted by molar-refractivity contribution is 0.217. The maximum absolute atomic E-state index is 5.83. The van der Waals surface area contributed by atoms with Crippen LogP contribution < -0.4 is 10.1 Å². The number of hydrogen-bond donors (Lipinski definition) is 1. The van der Waals surface area contributed by atoms with Crippen LogP contribution in [0, 0.1) is 0 Å². The van der Waals surface area contributed by atoms with E-state index in [-0.39, 0.29) is 6.10 Å². The van der Waals surface area contributed by atoms with Crippen LogP contribution in [0.2, 0.25) is 0 Å². The zero-order valence-electron chi connectivity index (χ0n) is 11.5. The fourth-order valence-electron chi connectivity index (χ4n) is 1.65. The predicted octanol–water partition coefficient (Wildman–Crippen LogP) is 3.92. The van der Waals surface area contributed by atoms with Gasteiger partial charge in [0, 0.05) is 6.04 Å². The van der Waals surface area contributed by atoms with E-state index in [9.17, 15) is 0 Å². The first-order chi connectivity index (χ1) is 8.17. The van der Waals surface area contributed by atoms with Crippen LogP contribution in [0.1, 0.15) is 52.1 Å². The van der Waals surface area contributed by atoms with Crippen molar-refractivity contribution in [2.24, 2.45) is 0 Å². The van der Waals surface area contributed by atoms with Crippen molar-refractivity contribution in [3.05, 3.63) is 29.8 Å². The summed E-state index contributed by atoms with van der Waals surface area (Å²) < 4.78 is 5.83. The van der Waals surface area contributed by atoms with Crippen LogP contribution in [-0.4, -0.2) is 12.6 Å². The summed E-state index contributed by atoms with van der Waals surface area (Å²) in [6.45, 7) is 9.67. The normalized spacial score (nSPS) is 14.4. The summed E-state index contributed by atoms with van der Waals surface area (Å²) in [4.78, 5) is 0. The number of hydrogen-bond acceptors (Lipinski definition) is 2. The van der Waals surface area contributed by atoms with Crippen LogP contribution >= 0.6 is 0 Å². The topological polar surface area (TPSA) is 21.3 Å². The molecular formula is C15H25NO. The van der Waals surface area contributed by atoms with E-state index < -0.39 is 0 Å². The first kappa shape index (κ1) is 14.0. The second-order valence-electron chi connectivity index (χ2n) is 4.59. The molecule has 0 fully saturated rings. The Morgan fingerprint density at radius 3 is 2.65 bits per heavy atom. The van der Waals surface area contributed by atoms with Crippen LogP contribution in [0.5, 0.6) is 5.75 Å². The van der Waals surface area contributed by atoms with E-state index in [1.807, 2.05) is 6.07 Å². The summed E-state index contributed by atoms with van der Waals surface area (Å²) in [5.41, 5.74) is 1.29. The number of nitrogens with one attached hydrogen (secondary N) is 1. The molecule has 1 aromatic rings. The first-order valence-corrected chi connectivity index (χ1v) is 6.67. The van der Waals surface area contributed by atoms with E-state index >= 15 is 0 Å². The SMILES string of the molecule is CCCN[C@@H](C)c1cccc(O[C@@H](C)CC)c1. The molecule has 2 atom stereocenters. The Labute approximate surface area is 105 Å². The number of benzene rings is 1. The predicted molar refractivity (Wildman–Crippen MR) is 73.5 cm³/mol. The standard InChI is InChI=1S/C15H25NO/c1-5-10-16-13(4)14-8-7-9-15(11-14)17-12(3)6-2/h7-9,11-13,16H,5-6,10H2,1-4H3/t12-,13-/m0/s1. The minimum absolute atomic E-state index is 0.282. The second kappa shape index (κ2) is 7.33. The van der Waals surface area contributed by atoms with Gasteiger partial charge in [-0.25, -0.2) is 0 Å². The van der Waals surface area contributed by atoms with Crippen LogP contribution in [0.25, 0.3) is 0 Å². The molecule has 17 heavy (non-hydrogen) atoms. The van der Waals surface area contributed by atoms with Gasteiger partial charge >= 0.3 is 0 Å². The molecule has 0 unspecified atom stereocenters. The molecule has 0 radical (unpaired) electrons. The van der Waals surface area contributed by atoms with Crippen LogP contribution in [0.4, 0.5) is 0 Å². The van der Waals surface area contributed by atoms with Gasteiger partial charge in [0.2, 0.25) is 0 Å². The average Bonchev–Trinajstić information content (AvgIpc) is 2.36. The zero-order chi connectivity index (χ0) is 12.7. The molecule has 0 aliphatic carbocycles. The summed E-state index contributed by atoms with van der Waals surface area (Å²) in [7, 11) is 0. The number of rotatable bonds is 7. The molecule has 0 heterocycles. The van der Waals surface area contributed by atoms with E-state index in [1.54, 1.807) is 0 Å². The molecule has 1 N–H and O–H groups in total. The highest BCUT2D eigenvalue weighted by Crippen LogP contribution is 2.20. The fraction of sp³-hybridized carbons (Fsp3) is 0.600. The van der Waals surface area contributed by atoms with Crippen molar-refractivity contribution in [2.45, 2.75) is 52.7 Å². The van der Waals surface area contributed by atoms with Crippen LogP contribution in [0.15, 0.2) is 24.3 Å². The molecular weight excluding hydrogens is 210 g/mol. The van der Waals surface area contributed by atoms with E-state index in [2.05, 4.69) is 51.2 Å². The molecule has 1 rings (SSSR count). The van der Waals surface area contributed by atoms with Gasteiger partial charge in [0.15, 0.2) is 0 Å². The monoisotopic (exact) mass is 235 g/mol. The lowest BCUT2D eigenvalue weighted by Gasteiger charge is -2.17. The summed E-state index contributed by atoms with van der Waals surface area (Å²) in [6.07, 6.45) is 2.48. The Morgan fingerprint density at radius 2 is 2.00 bits per heavy atom. The van der Waals surface area contributed by atoms with Crippen molar-refractivity contribution in [3.8, 4) is 5.75 Å². The summed E-state index contributed by atoms with van der Waals surface area (Å²) in [6, 6.07) is 8.77. The third-order valence-electron chi connectivity index (χ3n) is 2.97. The first-order valence-electron chi connectivity index (χ1n) is 6.67. The smallest absolute Gasteiger partial charge is 0.120 e. The van der Waals surface area contributed by atoms with Gasteiger partial charge in [-0.3, -0.25) is 0 Å². The molecule has 0 spiro atoms. The summed E-state index contributed by atoms with van der Waals surface area (Å²) >= 11 is 0. The molecule has 0 amide bonds. The zero-order valence-corrected chi connectivity index (χ0v) is 11.5. The molecule has 0 aliphatic heterocycles. The Kier molecular flexibility index (Phi) is 6.06. The molecule has 2 nitrogen and oxygen atoms in total. The molecule has 96 valence electrons. The summed E-state index contributed by atoms with van der Waals surface area (Å²) in [5.74, 6) is 0.974. The van der Waals surface area contributed by atoms with Crippen molar-refractivity contribution in [1.82, 2.24) is 5.32 Å². The molecule has 0 aromatic heterocycles. The average molecular weight is 235 g/mol. The maximum Gasteiger partial charge on any atom is 0.120 e. The quantitative estimate of drug-likeness (QED) is 0.773. The van der Waals surface area contributed by atoms with Crippen molar-refractivity contribution >= 4 is 0 Å². The van der Waals surface area contributed by atoms with Gasteiger partial charge in [-0.1, -0.05) is 26.0 Å². The van der Waals surface area contributed by atoms with Gasteiger partial charge in [0.25, 0.3) is 0 Å². The fourth-order valence-corrected chi connectivity index (χ4v) is 1.65. The highest BCUT2D eigenvalue weighted by atomic mass is 16.5. The van der Waals surface area contributed by atoms with Gasteiger partial charge in [-0.05, 0) is 50.9 Å². The lowest BCUT2D eigenvalue weighted by atomic mass is 10.1. The van der Waals surface area contributed by atoms with Crippen LogP contribution in [0.3, 0.4) is 0 Å². The molecule has 0 bridgehead atoms. The lowest BCUT2D eigenvalue weighted by Crippen LogP contribution is -2.19. The minimum Gasteiger partial charge on any atom is -0.491 e. The second-order valence-corrected chi connectivity index (χ2v) is 4.59. The van der Waals surface area contributed by atoms with Crippen molar-refractivity contribution < 1.29 is 4.74 Å². The van der Waals surface area contributed by atoms with Gasteiger partial charge in [-0.2, -0.15) is 0 Å². The molecule has 0 saturated carbocycles. The van der Waals surface area contributed by atoms with E-state index in [0.29, 0.717) is 6.04 Å². The maximum atomic E-state index is 5.83. The Hall–Kier alpha value is -1.02. The third kappa shape index (κ3) is 4.78. The van der Waals surface area contributed by atoms with E-state index in [4.69, 9.17) is 4.74 Å². The summed E-state index contributed by atoms with van der Waals surface area (Å²) in [5, 5.41) is 3.49. The van der Waals surface area contributed by atoms with E-state index in [1.165, 1.54) is 5.56 Å². The van der Waals surface area contributed by atoms with Gasteiger partial charge in [-0.15, -0.1) is 0 Å². The Morgan fingerprint density at radius 1 is 1.24 bits per heavy atom. The van der Waals surface area contributed by atoms with Gasteiger partial charge in [0.1, 0.15) is 5.75 Å². The Balaban J connectivity index is 2.64. The molecule has 0 saturated heterocycles. The molecule has 0 aliphatic rings. The van der Waals surface area contributed by atoms with Gasteiger partial charge < -0.3 is 10.1 Å². The van der Waals surface area contributed by atoms with Crippen LogP contribution in [-0.2, 0) is 0 Å². The Bertz CT molecular complexity index is 324. The van der Waals surface area contributed by atoms with Crippen molar-refractivity contribution in [2.75, 3.05) is 6.54 Å². The number of ether oxygens (including phenoxy) is 1. The van der Waals surface area contributed by atoms with Gasteiger partial charge in [0.05, 0.1) is 6.10 Å². The minimum atomic E-state index is 0.282. The van der Waals surface area contributed by atoms with Crippen molar-refractivity contribution in [1.29, 1.82) is 0 Å². The highest BCUT2D eigenvalue weighted by Gasteiger charge is 2.06. The highest BCUT2D eigenvalue weighted by molar-refractivity contribution is 5.30.